The van der Waals surface area contributed by atoms with Crippen LogP contribution in [0.15, 0.2) is 273 Å². The van der Waals surface area contributed by atoms with Gasteiger partial charge in [0.05, 0.1) is 27.8 Å². The average molecular weight is 944 g/mol. The zero-order chi connectivity index (χ0) is 49.0. The molecule has 14 rings (SSSR count). The SMILES string of the molecule is c1ccc(-c2ccc(-c3nc(-c4ccccc4-c4ccccc4)nc(-c4ccccc4-n4c5cc(-c6ccccc6)ccc5c5c(-c6cccc7c6c6ccccc6n7-c6ccccc6)cccc54)n3)cc2)cc1. The minimum atomic E-state index is 0.583. The fourth-order valence-corrected chi connectivity index (χ4v) is 11.1. The van der Waals surface area contributed by atoms with Crippen LogP contribution < -0.4 is 0 Å². The number of hydrogen-bond acceptors (Lipinski definition) is 3. The van der Waals surface area contributed by atoms with Gasteiger partial charge in [-0.3, -0.25) is 0 Å². The summed E-state index contributed by atoms with van der Waals surface area (Å²) in [6.45, 7) is 0. The number of para-hydroxylation sites is 3. The molecule has 0 radical (unpaired) electrons. The van der Waals surface area contributed by atoms with E-state index in [2.05, 4.69) is 270 Å². The molecule has 0 N–H and O–H groups in total. The highest BCUT2D eigenvalue weighted by molar-refractivity contribution is 6.22. The van der Waals surface area contributed by atoms with Crippen molar-refractivity contribution in [2.75, 3.05) is 0 Å². The summed E-state index contributed by atoms with van der Waals surface area (Å²) >= 11 is 0. The van der Waals surface area contributed by atoms with E-state index in [-0.39, 0.29) is 0 Å². The summed E-state index contributed by atoms with van der Waals surface area (Å²) in [7, 11) is 0. The highest BCUT2D eigenvalue weighted by Gasteiger charge is 2.24. The third-order valence-corrected chi connectivity index (χ3v) is 14.4. The molecule has 74 heavy (non-hydrogen) atoms. The molecule has 346 valence electrons. The van der Waals surface area contributed by atoms with Gasteiger partial charge in [0.2, 0.25) is 0 Å². The lowest BCUT2D eigenvalue weighted by molar-refractivity contribution is 1.06. The van der Waals surface area contributed by atoms with Gasteiger partial charge in [-0.25, -0.2) is 15.0 Å². The monoisotopic (exact) mass is 943 g/mol. The first-order valence-electron chi connectivity index (χ1n) is 25.1. The molecular formula is C69H45N5. The summed E-state index contributed by atoms with van der Waals surface area (Å²) < 4.78 is 4.83. The van der Waals surface area contributed by atoms with Gasteiger partial charge in [0, 0.05) is 43.9 Å². The number of rotatable bonds is 9. The molecule has 0 spiro atoms. The fraction of sp³-hybridized carbons (Fsp3) is 0. The van der Waals surface area contributed by atoms with Crippen LogP contribution in [0.2, 0.25) is 0 Å². The number of benzene rings is 11. The summed E-state index contributed by atoms with van der Waals surface area (Å²) in [6, 6.07) is 97.1. The van der Waals surface area contributed by atoms with Gasteiger partial charge in [-0.15, -0.1) is 0 Å². The Balaban J connectivity index is 1.02. The van der Waals surface area contributed by atoms with Crippen molar-refractivity contribution >= 4 is 43.6 Å². The van der Waals surface area contributed by atoms with E-state index in [4.69, 9.17) is 15.0 Å². The van der Waals surface area contributed by atoms with E-state index >= 15 is 0 Å². The molecule has 0 unspecified atom stereocenters. The normalized spacial score (nSPS) is 11.5. The Hall–Kier alpha value is -9.97. The Morgan fingerprint density at radius 1 is 0.230 bits per heavy atom. The maximum absolute atomic E-state index is 5.46. The zero-order valence-corrected chi connectivity index (χ0v) is 40.2. The Kier molecular flexibility index (Phi) is 10.4. The standard InChI is InChI=1S/C69H45N5/c1-5-21-46(22-6-1)48-39-41-50(42-40-48)67-70-68(56-30-14-13-29-53(56)49-25-9-3-10-26-49)72-69(71-67)59-32-16-18-36-61(59)74-63-38-20-34-55(66(63)58-44-43-51(45-64(58)74)47-23-7-2-8-24-47)54-33-19-37-62-65(54)57-31-15-17-35-60(57)73(62)52-27-11-4-12-28-52/h1-45H. The van der Waals surface area contributed by atoms with E-state index in [1.807, 2.05) is 12.1 Å². The third-order valence-electron chi connectivity index (χ3n) is 14.4. The second-order valence-electron chi connectivity index (χ2n) is 18.7. The summed E-state index contributed by atoms with van der Waals surface area (Å²) in [5.41, 5.74) is 18.4. The zero-order valence-electron chi connectivity index (χ0n) is 40.2. The van der Waals surface area contributed by atoms with Crippen LogP contribution in [-0.2, 0) is 0 Å². The number of nitrogens with zero attached hydrogens (tertiary/aromatic N) is 5. The summed E-state index contributed by atoms with van der Waals surface area (Å²) in [6.07, 6.45) is 0. The summed E-state index contributed by atoms with van der Waals surface area (Å²) in [5.74, 6) is 1.78. The van der Waals surface area contributed by atoms with E-state index in [1.165, 1.54) is 32.8 Å². The molecule has 5 heteroatoms. The molecule has 0 aliphatic carbocycles. The molecule has 0 amide bonds. The predicted molar refractivity (Wildman–Crippen MR) is 307 cm³/mol. The Morgan fingerprint density at radius 3 is 1.34 bits per heavy atom. The highest BCUT2D eigenvalue weighted by atomic mass is 15.1. The lowest BCUT2D eigenvalue weighted by atomic mass is 9.95. The average Bonchev–Trinajstić information content (AvgIpc) is 4.01. The van der Waals surface area contributed by atoms with Gasteiger partial charge < -0.3 is 9.13 Å². The van der Waals surface area contributed by atoms with Gasteiger partial charge in [-0.05, 0) is 93.0 Å². The Labute approximate surface area is 428 Å². The van der Waals surface area contributed by atoms with E-state index in [0.717, 1.165) is 83.4 Å². The first kappa shape index (κ1) is 42.9. The molecule has 0 saturated carbocycles. The van der Waals surface area contributed by atoms with E-state index in [0.29, 0.717) is 17.5 Å². The van der Waals surface area contributed by atoms with E-state index < -0.39 is 0 Å². The van der Waals surface area contributed by atoms with Gasteiger partial charge in [0.15, 0.2) is 17.5 Å². The molecule has 14 aromatic rings. The molecule has 0 aliphatic heterocycles. The quantitative estimate of drug-likeness (QED) is 0.145. The molecule has 0 aliphatic rings. The predicted octanol–water partition coefficient (Wildman–Crippen LogP) is 17.7. The largest absolute Gasteiger partial charge is 0.309 e. The molecule has 0 bridgehead atoms. The van der Waals surface area contributed by atoms with Crippen LogP contribution in [0.25, 0.3) is 134 Å². The minimum Gasteiger partial charge on any atom is -0.309 e. The van der Waals surface area contributed by atoms with Crippen molar-refractivity contribution in [3.8, 4) is 90.0 Å². The van der Waals surface area contributed by atoms with Crippen molar-refractivity contribution < 1.29 is 0 Å². The number of fused-ring (bicyclic) bond motifs is 6. The van der Waals surface area contributed by atoms with Crippen LogP contribution >= 0.6 is 0 Å². The van der Waals surface area contributed by atoms with Crippen LogP contribution in [0.4, 0.5) is 0 Å². The molecule has 0 saturated heterocycles. The number of hydrogen-bond donors (Lipinski definition) is 0. The third kappa shape index (κ3) is 7.29. The van der Waals surface area contributed by atoms with Gasteiger partial charge >= 0.3 is 0 Å². The van der Waals surface area contributed by atoms with E-state index in [1.54, 1.807) is 0 Å². The van der Waals surface area contributed by atoms with Gasteiger partial charge in [0.1, 0.15) is 0 Å². The first-order valence-corrected chi connectivity index (χ1v) is 25.1. The summed E-state index contributed by atoms with van der Waals surface area (Å²) in [4.78, 5) is 16.2. The molecule has 0 atom stereocenters. The fourth-order valence-electron chi connectivity index (χ4n) is 11.1. The molecule has 0 fully saturated rings. The maximum atomic E-state index is 5.46. The topological polar surface area (TPSA) is 48.5 Å². The Bertz CT molecular complexity index is 4390. The maximum Gasteiger partial charge on any atom is 0.166 e. The second-order valence-corrected chi connectivity index (χ2v) is 18.7. The lowest BCUT2D eigenvalue weighted by Gasteiger charge is -2.16. The van der Waals surface area contributed by atoms with Crippen molar-refractivity contribution in [3.63, 3.8) is 0 Å². The van der Waals surface area contributed by atoms with Crippen molar-refractivity contribution in [1.82, 2.24) is 24.1 Å². The first-order chi connectivity index (χ1) is 36.7. The van der Waals surface area contributed by atoms with Crippen molar-refractivity contribution in [1.29, 1.82) is 0 Å². The van der Waals surface area contributed by atoms with Crippen molar-refractivity contribution in [3.05, 3.63) is 273 Å². The minimum absolute atomic E-state index is 0.583. The highest BCUT2D eigenvalue weighted by Crippen LogP contribution is 2.46. The molecular weight excluding hydrogens is 899 g/mol. The smallest absolute Gasteiger partial charge is 0.166 e. The van der Waals surface area contributed by atoms with Gasteiger partial charge in [0.25, 0.3) is 0 Å². The van der Waals surface area contributed by atoms with Gasteiger partial charge in [-0.2, -0.15) is 0 Å². The van der Waals surface area contributed by atoms with E-state index in [9.17, 15) is 0 Å². The Morgan fingerprint density at radius 2 is 0.662 bits per heavy atom. The second kappa shape index (κ2) is 18.0. The number of aromatic nitrogens is 5. The van der Waals surface area contributed by atoms with Crippen LogP contribution in [0.3, 0.4) is 0 Å². The van der Waals surface area contributed by atoms with Gasteiger partial charge in [-0.1, -0.05) is 224 Å². The van der Waals surface area contributed by atoms with Crippen LogP contribution in [-0.4, -0.2) is 24.1 Å². The van der Waals surface area contributed by atoms with Crippen molar-refractivity contribution in [2.24, 2.45) is 0 Å². The summed E-state index contributed by atoms with van der Waals surface area (Å²) in [5, 5.41) is 4.76. The van der Waals surface area contributed by atoms with Crippen LogP contribution in [0.1, 0.15) is 0 Å². The molecule has 3 heterocycles. The molecule has 3 aromatic heterocycles. The van der Waals surface area contributed by atoms with Crippen LogP contribution in [0.5, 0.6) is 0 Å². The lowest BCUT2D eigenvalue weighted by Crippen LogP contribution is -2.04. The van der Waals surface area contributed by atoms with Crippen LogP contribution in [0, 0.1) is 0 Å². The van der Waals surface area contributed by atoms with Crippen molar-refractivity contribution in [2.45, 2.75) is 0 Å². The molecule has 11 aromatic carbocycles. The molecule has 5 nitrogen and oxygen atoms in total.